The minimum Gasteiger partial charge on any atom is -0.314 e. The molecule has 2 aromatic rings. The average molecular weight is 382 g/mol. The Morgan fingerprint density at radius 3 is 2.45 bits per heavy atom. The Bertz CT molecular complexity index is 609. The molecule has 1 aromatic heterocycles. The number of nitrogens with zero attached hydrogens (tertiary/aromatic N) is 1. The van der Waals surface area contributed by atoms with Gasteiger partial charge in [-0.25, -0.2) is 4.39 Å². The molecule has 0 unspecified atom stereocenters. The molecule has 3 rings (SSSR count). The number of nitrogens with one attached hydrogen (secondary N) is 1. The minimum absolute atomic E-state index is 0. The summed E-state index contributed by atoms with van der Waals surface area (Å²) in [5, 5.41) is 3.76. The van der Waals surface area contributed by atoms with E-state index in [1.807, 2.05) is 18.2 Å². The van der Waals surface area contributed by atoms with Crippen molar-refractivity contribution in [2.24, 2.45) is 0 Å². The molecular formula is C15H16Cl3FN2S. The van der Waals surface area contributed by atoms with E-state index in [0.717, 1.165) is 41.0 Å². The Kier molecular flexibility index (Phi) is 6.50. The third-order valence-corrected chi connectivity index (χ3v) is 5.08. The highest BCUT2D eigenvalue weighted by Crippen LogP contribution is 2.36. The number of thiophene rings is 1. The molecule has 0 aliphatic carbocycles. The van der Waals surface area contributed by atoms with Crippen LogP contribution in [0.3, 0.4) is 0 Å². The van der Waals surface area contributed by atoms with Gasteiger partial charge in [0, 0.05) is 36.1 Å². The second-order valence-corrected chi connectivity index (χ2v) is 7.22. The van der Waals surface area contributed by atoms with Crippen LogP contribution < -0.4 is 5.32 Å². The van der Waals surface area contributed by atoms with Crippen LogP contribution in [-0.2, 0) is 0 Å². The lowest BCUT2D eigenvalue weighted by atomic mass is 10.0. The first-order valence-electron chi connectivity index (χ1n) is 6.79. The maximum Gasteiger partial charge on any atom is 0.125 e. The fraction of sp³-hybridized carbons (Fsp3) is 0.333. The van der Waals surface area contributed by atoms with Crippen molar-refractivity contribution in [3.8, 4) is 0 Å². The van der Waals surface area contributed by atoms with Crippen LogP contribution in [-0.4, -0.2) is 31.1 Å². The molecule has 1 aliphatic rings. The number of hydrogen-bond acceptors (Lipinski definition) is 3. The number of rotatable bonds is 3. The van der Waals surface area contributed by atoms with Crippen LogP contribution in [0.15, 0.2) is 30.3 Å². The third-order valence-electron chi connectivity index (χ3n) is 3.58. The first-order valence-corrected chi connectivity index (χ1v) is 8.37. The first-order chi connectivity index (χ1) is 10.1. The minimum atomic E-state index is -0.305. The van der Waals surface area contributed by atoms with E-state index in [-0.39, 0.29) is 24.3 Å². The van der Waals surface area contributed by atoms with Crippen LogP contribution in [0, 0.1) is 5.82 Å². The van der Waals surface area contributed by atoms with Crippen molar-refractivity contribution >= 4 is 46.9 Å². The van der Waals surface area contributed by atoms with E-state index in [0.29, 0.717) is 5.02 Å². The molecule has 1 aromatic carbocycles. The fourth-order valence-corrected chi connectivity index (χ4v) is 4.16. The fourth-order valence-electron chi connectivity index (χ4n) is 2.70. The average Bonchev–Trinajstić information content (AvgIpc) is 2.85. The van der Waals surface area contributed by atoms with E-state index < -0.39 is 0 Å². The predicted octanol–water partition coefficient (Wildman–Crippen LogP) is 4.61. The summed E-state index contributed by atoms with van der Waals surface area (Å²) in [5.41, 5.74) is 0.875. The summed E-state index contributed by atoms with van der Waals surface area (Å²) in [7, 11) is 0. The van der Waals surface area contributed by atoms with Gasteiger partial charge in [0.25, 0.3) is 0 Å². The monoisotopic (exact) mass is 380 g/mol. The second-order valence-electron chi connectivity index (χ2n) is 5.03. The molecule has 0 bridgehead atoms. The van der Waals surface area contributed by atoms with Crippen LogP contribution in [0.4, 0.5) is 4.39 Å². The Labute approximate surface area is 149 Å². The van der Waals surface area contributed by atoms with Gasteiger partial charge in [-0.1, -0.05) is 23.2 Å². The standard InChI is InChI=1S/C15H15Cl2FN2S.ClH/c16-11-7-10(8-12(18)9-11)15(13-1-2-14(17)21-13)20-5-3-19-4-6-20;/h1-2,7-9,15,19H,3-6H2;1H/t15-;/m1./s1. The van der Waals surface area contributed by atoms with Crippen LogP contribution in [0.1, 0.15) is 16.5 Å². The molecule has 1 saturated heterocycles. The van der Waals surface area contributed by atoms with E-state index in [4.69, 9.17) is 23.2 Å². The van der Waals surface area contributed by atoms with E-state index in [9.17, 15) is 4.39 Å². The summed E-state index contributed by atoms with van der Waals surface area (Å²) in [5.74, 6) is -0.305. The molecule has 0 radical (unpaired) electrons. The summed E-state index contributed by atoms with van der Waals surface area (Å²) in [6, 6.07) is 8.63. The van der Waals surface area contributed by atoms with Gasteiger partial charge in [-0.05, 0) is 35.9 Å². The molecule has 1 N–H and O–H groups in total. The summed E-state index contributed by atoms with van der Waals surface area (Å²) in [6.07, 6.45) is 0. The number of piperazine rings is 1. The van der Waals surface area contributed by atoms with Crippen molar-refractivity contribution in [3.63, 3.8) is 0 Å². The number of halogens is 4. The summed E-state index contributed by atoms with van der Waals surface area (Å²) in [4.78, 5) is 3.45. The lowest BCUT2D eigenvalue weighted by Gasteiger charge is -2.34. The molecule has 1 aliphatic heterocycles. The molecule has 22 heavy (non-hydrogen) atoms. The van der Waals surface area contributed by atoms with Crippen molar-refractivity contribution in [1.82, 2.24) is 10.2 Å². The summed E-state index contributed by atoms with van der Waals surface area (Å²) < 4.78 is 14.5. The Morgan fingerprint density at radius 1 is 1.14 bits per heavy atom. The van der Waals surface area contributed by atoms with Crippen molar-refractivity contribution in [2.45, 2.75) is 6.04 Å². The summed E-state index contributed by atoms with van der Waals surface area (Å²) in [6.45, 7) is 3.68. The molecule has 0 spiro atoms. The molecule has 2 nitrogen and oxygen atoms in total. The van der Waals surface area contributed by atoms with Gasteiger partial charge >= 0.3 is 0 Å². The Hall–Kier alpha value is -0.360. The second kappa shape index (κ2) is 7.95. The number of benzene rings is 1. The van der Waals surface area contributed by atoms with Gasteiger partial charge in [0.05, 0.1) is 10.4 Å². The van der Waals surface area contributed by atoms with Crippen LogP contribution >= 0.6 is 46.9 Å². The molecule has 7 heteroatoms. The zero-order valence-electron chi connectivity index (χ0n) is 11.7. The van der Waals surface area contributed by atoms with Crippen molar-refractivity contribution < 1.29 is 4.39 Å². The van der Waals surface area contributed by atoms with Gasteiger partial charge in [-0.15, -0.1) is 23.7 Å². The van der Waals surface area contributed by atoms with Crippen LogP contribution in [0.2, 0.25) is 9.36 Å². The zero-order chi connectivity index (χ0) is 14.8. The van der Waals surface area contributed by atoms with Crippen molar-refractivity contribution in [2.75, 3.05) is 26.2 Å². The molecular weight excluding hydrogens is 366 g/mol. The molecule has 1 atom stereocenters. The highest BCUT2D eigenvalue weighted by molar-refractivity contribution is 7.16. The Morgan fingerprint density at radius 2 is 1.86 bits per heavy atom. The maximum absolute atomic E-state index is 13.7. The van der Waals surface area contributed by atoms with E-state index in [1.165, 1.54) is 17.4 Å². The predicted molar refractivity (Wildman–Crippen MR) is 94.3 cm³/mol. The Balaban J connectivity index is 0.00000176. The molecule has 2 heterocycles. The summed E-state index contributed by atoms with van der Waals surface area (Å²) >= 11 is 13.6. The van der Waals surface area contributed by atoms with E-state index in [2.05, 4.69) is 10.2 Å². The molecule has 0 saturated carbocycles. The first kappa shape index (κ1) is 18.0. The lowest BCUT2D eigenvalue weighted by Crippen LogP contribution is -2.45. The van der Waals surface area contributed by atoms with Crippen molar-refractivity contribution in [3.05, 3.63) is 55.9 Å². The van der Waals surface area contributed by atoms with Crippen LogP contribution in [0.5, 0.6) is 0 Å². The van der Waals surface area contributed by atoms with E-state index in [1.54, 1.807) is 6.07 Å². The highest BCUT2D eigenvalue weighted by atomic mass is 35.5. The topological polar surface area (TPSA) is 15.3 Å². The molecule has 0 amide bonds. The van der Waals surface area contributed by atoms with Gasteiger partial charge < -0.3 is 5.32 Å². The molecule has 1 fully saturated rings. The van der Waals surface area contributed by atoms with Crippen molar-refractivity contribution in [1.29, 1.82) is 0 Å². The quantitative estimate of drug-likeness (QED) is 0.835. The van der Waals surface area contributed by atoms with Gasteiger partial charge in [-0.3, -0.25) is 4.90 Å². The normalized spacial score (nSPS) is 17.0. The van der Waals surface area contributed by atoms with Gasteiger partial charge in [0.15, 0.2) is 0 Å². The lowest BCUT2D eigenvalue weighted by molar-refractivity contribution is 0.200. The zero-order valence-corrected chi connectivity index (χ0v) is 14.8. The van der Waals surface area contributed by atoms with E-state index >= 15 is 0 Å². The smallest absolute Gasteiger partial charge is 0.125 e. The van der Waals surface area contributed by atoms with Gasteiger partial charge in [0.2, 0.25) is 0 Å². The highest BCUT2D eigenvalue weighted by Gasteiger charge is 2.26. The molecule has 120 valence electrons. The largest absolute Gasteiger partial charge is 0.314 e. The third kappa shape index (κ3) is 4.13. The maximum atomic E-state index is 13.7. The van der Waals surface area contributed by atoms with Crippen LogP contribution in [0.25, 0.3) is 0 Å². The van der Waals surface area contributed by atoms with Gasteiger partial charge in [0.1, 0.15) is 5.82 Å². The SMILES string of the molecule is Cl.Fc1cc(Cl)cc([C@H](c2ccc(Cl)s2)N2CCNCC2)c1. The van der Waals surface area contributed by atoms with Gasteiger partial charge in [-0.2, -0.15) is 0 Å². The number of hydrogen-bond donors (Lipinski definition) is 1.